The number of aryl methyl sites for hydroxylation is 3. The van der Waals surface area contributed by atoms with Crippen LogP contribution in [0.15, 0.2) is 41.4 Å². The monoisotopic (exact) mass is 330 g/mol. The molecule has 3 aromatic rings. The van der Waals surface area contributed by atoms with Crippen LogP contribution in [0.5, 0.6) is 0 Å². The molecule has 3 nitrogen and oxygen atoms in total. The van der Waals surface area contributed by atoms with Crippen molar-refractivity contribution in [1.29, 1.82) is 0 Å². The summed E-state index contributed by atoms with van der Waals surface area (Å²) < 4.78 is 2.88. The zero-order valence-electron chi connectivity index (χ0n) is 12.6. The number of carbonyl (C=O) groups is 1. The molecule has 112 valence electrons. The number of aromatic nitrogens is 1. The van der Waals surface area contributed by atoms with E-state index in [1.165, 1.54) is 11.3 Å². The Morgan fingerprint density at radius 1 is 1.14 bits per heavy atom. The summed E-state index contributed by atoms with van der Waals surface area (Å²) in [5.41, 5.74) is 3.84. The van der Waals surface area contributed by atoms with Gasteiger partial charge in [0.2, 0.25) is 0 Å². The molecule has 1 amide bonds. The molecule has 0 atom stereocenters. The molecule has 0 aliphatic rings. The first-order valence-corrected chi connectivity index (χ1v) is 8.07. The van der Waals surface area contributed by atoms with Crippen LogP contribution in [0.1, 0.15) is 21.5 Å². The number of amides is 1. The molecule has 22 heavy (non-hydrogen) atoms. The Morgan fingerprint density at radius 3 is 2.45 bits per heavy atom. The maximum absolute atomic E-state index is 12.3. The third-order valence-corrected chi connectivity index (χ3v) is 5.19. The van der Waals surface area contributed by atoms with Gasteiger partial charge in [-0.3, -0.25) is 4.79 Å². The van der Waals surface area contributed by atoms with Crippen molar-refractivity contribution < 1.29 is 4.79 Å². The van der Waals surface area contributed by atoms with Gasteiger partial charge >= 0.3 is 0 Å². The number of nitrogens with zero attached hydrogens (tertiary/aromatic N) is 2. The first-order chi connectivity index (χ1) is 10.5. The Labute approximate surface area is 137 Å². The molecule has 1 aromatic heterocycles. The van der Waals surface area contributed by atoms with Crippen LogP contribution >= 0.6 is 22.9 Å². The highest BCUT2D eigenvalue weighted by atomic mass is 35.5. The van der Waals surface area contributed by atoms with E-state index >= 15 is 0 Å². The average Bonchev–Trinajstić information content (AvgIpc) is 2.82. The molecule has 0 saturated carbocycles. The Kier molecular flexibility index (Phi) is 3.89. The van der Waals surface area contributed by atoms with Gasteiger partial charge in [0.15, 0.2) is 4.80 Å². The second-order valence-corrected chi connectivity index (χ2v) is 6.65. The van der Waals surface area contributed by atoms with Crippen LogP contribution in [0.25, 0.3) is 10.2 Å². The summed E-state index contributed by atoms with van der Waals surface area (Å²) >= 11 is 7.69. The number of hydrogen-bond acceptors (Lipinski definition) is 2. The first kappa shape index (κ1) is 15.0. The van der Waals surface area contributed by atoms with Gasteiger partial charge in [-0.15, -0.1) is 0 Å². The van der Waals surface area contributed by atoms with E-state index in [-0.39, 0.29) is 5.91 Å². The molecule has 0 spiro atoms. The van der Waals surface area contributed by atoms with E-state index in [4.69, 9.17) is 11.6 Å². The van der Waals surface area contributed by atoms with Crippen LogP contribution in [-0.4, -0.2) is 10.5 Å². The fourth-order valence-electron chi connectivity index (χ4n) is 2.36. The third kappa shape index (κ3) is 2.60. The fourth-order valence-corrected chi connectivity index (χ4v) is 3.73. The second kappa shape index (κ2) is 5.71. The summed E-state index contributed by atoms with van der Waals surface area (Å²) in [7, 11) is 1.91. The van der Waals surface area contributed by atoms with Crippen LogP contribution in [0.3, 0.4) is 0 Å². The Hall–Kier alpha value is -1.91. The lowest BCUT2D eigenvalue weighted by molar-refractivity contribution is 0.0998. The fraction of sp³-hybridized carbons (Fsp3) is 0.176. The van der Waals surface area contributed by atoms with Gasteiger partial charge in [-0.05, 0) is 37.6 Å². The van der Waals surface area contributed by atoms with Crippen LogP contribution in [-0.2, 0) is 7.05 Å². The molecule has 5 heteroatoms. The van der Waals surface area contributed by atoms with Crippen LogP contribution in [0.4, 0.5) is 0 Å². The van der Waals surface area contributed by atoms with Crippen molar-refractivity contribution >= 4 is 39.1 Å². The molecule has 0 fully saturated rings. The van der Waals surface area contributed by atoms with Crippen molar-refractivity contribution in [1.82, 2.24) is 4.57 Å². The average molecular weight is 331 g/mol. The lowest BCUT2D eigenvalue weighted by Gasteiger charge is -2.01. The SMILES string of the molecule is Cc1ccc(C(=O)N=c2sc3c(Cl)ccc(C)c3n2C)cc1. The molecule has 0 N–H and O–H groups in total. The smallest absolute Gasteiger partial charge is 0.279 e. The molecular weight excluding hydrogens is 316 g/mol. The van der Waals surface area contributed by atoms with Gasteiger partial charge < -0.3 is 4.57 Å². The number of hydrogen-bond donors (Lipinski definition) is 0. The molecular formula is C17H15ClN2OS. The molecule has 1 heterocycles. The highest BCUT2D eigenvalue weighted by molar-refractivity contribution is 7.17. The van der Waals surface area contributed by atoms with E-state index in [9.17, 15) is 4.79 Å². The Morgan fingerprint density at radius 2 is 1.82 bits per heavy atom. The summed E-state index contributed by atoms with van der Waals surface area (Å²) in [4.78, 5) is 17.2. The lowest BCUT2D eigenvalue weighted by atomic mass is 10.1. The van der Waals surface area contributed by atoms with Gasteiger partial charge in [-0.25, -0.2) is 0 Å². The summed E-state index contributed by atoms with van der Waals surface area (Å²) in [5.74, 6) is -0.240. The molecule has 0 saturated heterocycles. The largest absolute Gasteiger partial charge is 0.319 e. The molecule has 0 aliphatic carbocycles. The first-order valence-electron chi connectivity index (χ1n) is 6.88. The summed E-state index contributed by atoms with van der Waals surface area (Å²) in [6.45, 7) is 4.01. The minimum atomic E-state index is -0.240. The Balaban J connectivity index is 2.15. The number of benzene rings is 2. The van der Waals surface area contributed by atoms with Gasteiger partial charge in [-0.1, -0.05) is 46.7 Å². The van der Waals surface area contributed by atoms with E-state index < -0.39 is 0 Å². The van der Waals surface area contributed by atoms with Crippen LogP contribution < -0.4 is 4.80 Å². The predicted octanol–water partition coefficient (Wildman–Crippen LogP) is 4.25. The number of rotatable bonds is 1. The molecule has 0 radical (unpaired) electrons. The highest BCUT2D eigenvalue weighted by Crippen LogP contribution is 2.28. The van der Waals surface area contributed by atoms with Crippen molar-refractivity contribution in [3.8, 4) is 0 Å². The number of carbonyl (C=O) groups excluding carboxylic acids is 1. The van der Waals surface area contributed by atoms with E-state index in [1.807, 2.05) is 49.7 Å². The predicted molar refractivity (Wildman–Crippen MR) is 91.6 cm³/mol. The maximum atomic E-state index is 12.3. The topological polar surface area (TPSA) is 34.4 Å². The standard InChI is InChI=1S/C17H15ClN2OS/c1-10-4-7-12(8-5-10)16(21)19-17-20(3)14-11(2)6-9-13(18)15(14)22-17/h4-9H,1-3H3. The van der Waals surface area contributed by atoms with Crippen molar-refractivity contribution in [2.75, 3.05) is 0 Å². The van der Waals surface area contributed by atoms with Gasteiger partial charge in [0, 0.05) is 12.6 Å². The summed E-state index contributed by atoms with van der Waals surface area (Å²) in [6, 6.07) is 11.3. The number of fused-ring (bicyclic) bond motifs is 1. The van der Waals surface area contributed by atoms with Crippen LogP contribution in [0, 0.1) is 13.8 Å². The minimum absolute atomic E-state index is 0.240. The molecule has 2 aromatic carbocycles. The third-order valence-electron chi connectivity index (χ3n) is 3.60. The lowest BCUT2D eigenvalue weighted by Crippen LogP contribution is -2.13. The molecule has 0 unspecified atom stereocenters. The van der Waals surface area contributed by atoms with E-state index in [1.54, 1.807) is 12.1 Å². The zero-order valence-corrected chi connectivity index (χ0v) is 14.1. The van der Waals surface area contributed by atoms with Crippen molar-refractivity contribution in [3.63, 3.8) is 0 Å². The highest BCUT2D eigenvalue weighted by Gasteiger charge is 2.11. The maximum Gasteiger partial charge on any atom is 0.279 e. The van der Waals surface area contributed by atoms with Gasteiger partial charge in [0.1, 0.15) is 0 Å². The van der Waals surface area contributed by atoms with Gasteiger partial charge in [0.25, 0.3) is 5.91 Å². The summed E-state index contributed by atoms with van der Waals surface area (Å²) in [5, 5.41) is 0.686. The van der Waals surface area contributed by atoms with Gasteiger partial charge in [0.05, 0.1) is 15.2 Å². The minimum Gasteiger partial charge on any atom is -0.319 e. The quantitative estimate of drug-likeness (QED) is 0.656. The van der Waals surface area contributed by atoms with Crippen molar-refractivity contribution in [3.05, 3.63) is 62.9 Å². The molecule has 0 aliphatic heterocycles. The van der Waals surface area contributed by atoms with E-state index in [0.29, 0.717) is 15.4 Å². The van der Waals surface area contributed by atoms with Crippen LogP contribution in [0.2, 0.25) is 5.02 Å². The van der Waals surface area contributed by atoms with E-state index in [2.05, 4.69) is 4.99 Å². The van der Waals surface area contributed by atoms with Crippen molar-refractivity contribution in [2.24, 2.45) is 12.0 Å². The zero-order chi connectivity index (χ0) is 15.9. The van der Waals surface area contributed by atoms with E-state index in [0.717, 1.165) is 21.3 Å². The van der Waals surface area contributed by atoms with Crippen molar-refractivity contribution in [2.45, 2.75) is 13.8 Å². The molecule has 3 rings (SSSR count). The Bertz CT molecular complexity index is 936. The summed E-state index contributed by atoms with van der Waals surface area (Å²) in [6.07, 6.45) is 0. The van der Waals surface area contributed by atoms with Gasteiger partial charge in [-0.2, -0.15) is 4.99 Å². The second-order valence-electron chi connectivity index (χ2n) is 5.27. The number of halogens is 1. The number of thiazole rings is 1. The molecule has 0 bridgehead atoms. The normalized spacial score (nSPS) is 12.1.